The van der Waals surface area contributed by atoms with Gasteiger partial charge < -0.3 is 4.98 Å². The van der Waals surface area contributed by atoms with Crippen LogP contribution in [-0.4, -0.2) is 11.5 Å². The maximum Gasteiger partial charge on any atom is 0.248 e. The lowest BCUT2D eigenvalue weighted by molar-refractivity contribution is 1.13. The summed E-state index contributed by atoms with van der Waals surface area (Å²) in [5.41, 5.74) is 9.63. The lowest BCUT2D eigenvalue weighted by Gasteiger charge is -1.97. The van der Waals surface area contributed by atoms with Gasteiger partial charge in [-0.05, 0) is 24.1 Å². The predicted molar refractivity (Wildman–Crippen MR) is 54.8 cm³/mol. The standard InChI is InChI=1S/C9H10N4O/c1-7-8(3-2-6-11-13-10)4-5-9(14)12-7/h2-5H,6H2,1H3,(H,12,14). The zero-order chi connectivity index (χ0) is 10.4. The third-order valence-electron chi connectivity index (χ3n) is 1.71. The van der Waals surface area contributed by atoms with Crippen molar-refractivity contribution in [2.45, 2.75) is 6.92 Å². The lowest BCUT2D eigenvalue weighted by atomic mass is 10.2. The van der Waals surface area contributed by atoms with E-state index in [2.05, 4.69) is 15.0 Å². The molecule has 0 unspecified atom stereocenters. The molecule has 0 atom stereocenters. The van der Waals surface area contributed by atoms with Crippen LogP contribution in [-0.2, 0) is 0 Å². The van der Waals surface area contributed by atoms with Gasteiger partial charge in [0.1, 0.15) is 0 Å². The van der Waals surface area contributed by atoms with Crippen LogP contribution in [0.15, 0.2) is 28.1 Å². The summed E-state index contributed by atoms with van der Waals surface area (Å²) in [6.07, 6.45) is 3.54. The fourth-order valence-electron chi connectivity index (χ4n) is 1.03. The van der Waals surface area contributed by atoms with E-state index in [4.69, 9.17) is 5.53 Å². The van der Waals surface area contributed by atoms with Crippen molar-refractivity contribution < 1.29 is 0 Å². The van der Waals surface area contributed by atoms with Gasteiger partial charge in [0.05, 0.1) is 0 Å². The van der Waals surface area contributed by atoms with Gasteiger partial charge in [-0.25, -0.2) is 0 Å². The van der Waals surface area contributed by atoms with Crippen LogP contribution < -0.4 is 5.56 Å². The van der Waals surface area contributed by atoms with Crippen LogP contribution in [0.2, 0.25) is 0 Å². The van der Waals surface area contributed by atoms with Gasteiger partial charge in [-0.3, -0.25) is 4.79 Å². The highest BCUT2D eigenvalue weighted by atomic mass is 16.1. The van der Waals surface area contributed by atoms with Gasteiger partial charge in [-0.1, -0.05) is 17.3 Å². The SMILES string of the molecule is Cc1[nH]c(=O)ccc1C=CCN=[N+]=[N-]. The highest BCUT2D eigenvalue weighted by Crippen LogP contribution is 2.03. The molecular formula is C9H10N4O. The fraction of sp³-hybridized carbons (Fsp3) is 0.222. The zero-order valence-corrected chi connectivity index (χ0v) is 7.77. The van der Waals surface area contributed by atoms with Gasteiger partial charge in [0.2, 0.25) is 5.56 Å². The molecule has 5 heteroatoms. The Morgan fingerprint density at radius 2 is 2.43 bits per heavy atom. The Morgan fingerprint density at radius 3 is 3.07 bits per heavy atom. The van der Waals surface area contributed by atoms with Crippen LogP contribution in [0.5, 0.6) is 0 Å². The maximum atomic E-state index is 10.9. The first-order valence-corrected chi connectivity index (χ1v) is 4.11. The second-order valence-corrected chi connectivity index (χ2v) is 2.72. The lowest BCUT2D eigenvalue weighted by Crippen LogP contribution is -2.05. The molecule has 0 spiro atoms. The summed E-state index contributed by atoms with van der Waals surface area (Å²) in [6.45, 7) is 2.13. The van der Waals surface area contributed by atoms with Crippen molar-refractivity contribution in [3.63, 3.8) is 0 Å². The number of aromatic nitrogens is 1. The average Bonchev–Trinajstić information content (AvgIpc) is 2.15. The molecule has 5 nitrogen and oxygen atoms in total. The van der Waals surface area contributed by atoms with Gasteiger partial charge in [0.25, 0.3) is 0 Å². The number of hydrogen-bond acceptors (Lipinski definition) is 2. The van der Waals surface area contributed by atoms with Crippen molar-refractivity contribution >= 4 is 6.08 Å². The first kappa shape index (κ1) is 10.1. The van der Waals surface area contributed by atoms with E-state index in [0.29, 0.717) is 6.54 Å². The number of nitrogens with zero attached hydrogens (tertiary/aromatic N) is 3. The molecule has 72 valence electrons. The van der Waals surface area contributed by atoms with Crippen molar-refractivity contribution in [2.75, 3.05) is 6.54 Å². The Bertz CT molecular complexity index is 440. The third kappa shape index (κ3) is 2.80. The Morgan fingerprint density at radius 1 is 1.64 bits per heavy atom. The van der Waals surface area contributed by atoms with Crippen LogP contribution in [0.1, 0.15) is 11.3 Å². The van der Waals surface area contributed by atoms with Crippen LogP contribution in [0.3, 0.4) is 0 Å². The van der Waals surface area contributed by atoms with Crippen LogP contribution in [0, 0.1) is 6.92 Å². The fourth-order valence-corrected chi connectivity index (χ4v) is 1.03. The number of H-pyrrole nitrogens is 1. The molecule has 1 N–H and O–H groups in total. The molecule has 0 amide bonds. The van der Waals surface area contributed by atoms with E-state index < -0.39 is 0 Å². The van der Waals surface area contributed by atoms with Crippen molar-refractivity contribution in [3.8, 4) is 0 Å². The van der Waals surface area contributed by atoms with Gasteiger partial charge in [0.15, 0.2) is 0 Å². The number of azide groups is 1. The molecule has 0 aromatic carbocycles. The molecule has 0 aliphatic carbocycles. The molecule has 0 saturated heterocycles. The minimum atomic E-state index is -0.116. The molecule has 0 aliphatic rings. The second kappa shape index (κ2) is 4.89. The smallest absolute Gasteiger partial charge is 0.248 e. The molecule has 14 heavy (non-hydrogen) atoms. The molecular weight excluding hydrogens is 180 g/mol. The molecule has 0 saturated carbocycles. The van der Waals surface area contributed by atoms with Crippen molar-refractivity contribution in [3.05, 3.63) is 50.3 Å². The Labute approximate surface area is 80.7 Å². The number of nitrogens with one attached hydrogen (secondary N) is 1. The summed E-state index contributed by atoms with van der Waals surface area (Å²) in [5, 5.41) is 3.36. The van der Waals surface area contributed by atoms with E-state index in [9.17, 15) is 4.79 Å². The van der Waals surface area contributed by atoms with Crippen LogP contribution in [0.25, 0.3) is 16.5 Å². The van der Waals surface area contributed by atoms with E-state index in [1.165, 1.54) is 6.07 Å². The second-order valence-electron chi connectivity index (χ2n) is 2.72. The maximum absolute atomic E-state index is 10.9. The largest absolute Gasteiger partial charge is 0.326 e. The number of hydrogen-bond donors (Lipinski definition) is 1. The monoisotopic (exact) mass is 190 g/mol. The molecule has 1 aromatic heterocycles. The molecule has 1 rings (SSSR count). The quantitative estimate of drug-likeness (QED) is 0.441. The Kier molecular flexibility index (Phi) is 3.52. The number of aromatic amines is 1. The highest BCUT2D eigenvalue weighted by molar-refractivity contribution is 5.51. The van der Waals surface area contributed by atoms with Gasteiger partial charge >= 0.3 is 0 Å². The van der Waals surface area contributed by atoms with Gasteiger partial charge in [-0.15, -0.1) is 0 Å². The highest BCUT2D eigenvalue weighted by Gasteiger charge is 1.92. The van der Waals surface area contributed by atoms with E-state index in [1.54, 1.807) is 18.2 Å². The Hall–Kier alpha value is -2.00. The normalized spacial score (nSPS) is 10.1. The van der Waals surface area contributed by atoms with Crippen LogP contribution >= 0.6 is 0 Å². The molecule has 1 aromatic rings. The third-order valence-corrected chi connectivity index (χ3v) is 1.71. The summed E-state index contributed by atoms with van der Waals surface area (Å²) in [5.74, 6) is 0. The van der Waals surface area contributed by atoms with Crippen LogP contribution in [0.4, 0.5) is 0 Å². The van der Waals surface area contributed by atoms with E-state index in [0.717, 1.165) is 11.3 Å². The van der Waals surface area contributed by atoms with Gasteiger partial charge in [-0.2, -0.15) is 0 Å². The first-order valence-electron chi connectivity index (χ1n) is 4.11. The zero-order valence-electron chi connectivity index (χ0n) is 7.77. The average molecular weight is 190 g/mol. The Balaban J connectivity index is 2.81. The molecule has 0 fully saturated rings. The number of aryl methyl sites for hydroxylation is 1. The predicted octanol–water partition coefficient (Wildman–Crippen LogP) is 2.01. The molecule has 0 radical (unpaired) electrons. The number of rotatable bonds is 3. The topological polar surface area (TPSA) is 81.6 Å². The van der Waals surface area contributed by atoms with Crippen molar-refractivity contribution in [2.24, 2.45) is 5.11 Å². The summed E-state index contributed by atoms with van der Waals surface area (Å²) >= 11 is 0. The summed E-state index contributed by atoms with van der Waals surface area (Å²) in [6, 6.07) is 3.18. The summed E-state index contributed by atoms with van der Waals surface area (Å²) < 4.78 is 0. The van der Waals surface area contributed by atoms with Crippen molar-refractivity contribution in [1.82, 2.24) is 4.98 Å². The van der Waals surface area contributed by atoms with E-state index in [1.807, 2.05) is 6.92 Å². The summed E-state index contributed by atoms with van der Waals surface area (Å²) in [4.78, 5) is 16.2. The van der Waals surface area contributed by atoms with Gasteiger partial charge in [0, 0.05) is 23.2 Å². The summed E-state index contributed by atoms with van der Waals surface area (Å²) in [7, 11) is 0. The van der Waals surface area contributed by atoms with Crippen molar-refractivity contribution in [1.29, 1.82) is 0 Å². The molecule has 1 heterocycles. The molecule has 0 aliphatic heterocycles. The van der Waals surface area contributed by atoms with E-state index >= 15 is 0 Å². The minimum Gasteiger partial charge on any atom is -0.326 e. The number of pyridine rings is 1. The molecule has 0 bridgehead atoms. The first-order chi connectivity index (χ1) is 6.74. The minimum absolute atomic E-state index is 0.116. The van der Waals surface area contributed by atoms with E-state index in [-0.39, 0.29) is 5.56 Å².